The molecule has 0 atom stereocenters. The topological polar surface area (TPSA) is 0 Å². The summed E-state index contributed by atoms with van der Waals surface area (Å²) >= 11 is 0. The molecule has 6 heteroatoms. The van der Waals surface area contributed by atoms with Crippen molar-refractivity contribution in [2.75, 3.05) is 0 Å². The van der Waals surface area contributed by atoms with E-state index in [2.05, 4.69) is 0 Å². The Morgan fingerprint density at radius 1 is 0.333 bits per heavy atom. The third-order valence-corrected chi connectivity index (χ3v) is 0. The van der Waals surface area contributed by atoms with Crippen molar-refractivity contribution in [3.63, 3.8) is 0 Å². The van der Waals surface area contributed by atoms with Gasteiger partial charge in [0, 0.05) is 127 Å². The van der Waals surface area contributed by atoms with E-state index < -0.39 is 0 Å². The van der Waals surface area contributed by atoms with E-state index in [1.807, 2.05) is 0 Å². The molecular weight excluding hydrogens is 1120 g/mol. The smallest absolute Gasteiger partial charge is 0 e. The molecule has 0 saturated carbocycles. The number of hydrogen-bond donors (Lipinski definition) is 0. The third kappa shape index (κ3) is 24.2. The van der Waals surface area contributed by atoms with Gasteiger partial charge in [0.05, 0.1) is 0 Å². The summed E-state index contributed by atoms with van der Waals surface area (Å²) in [4.78, 5) is 0. The van der Waals surface area contributed by atoms with Gasteiger partial charge in [0.2, 0.25) is 0 Å². The molecule has 0 rings (SSSR count). The second-order valence-corrected chi connectivity index (χ2v) is 0. The van der Waals surface area contributed by atoms with Crippen molar-refractivity contribution < 1.29 is 127 Å². The molecule has 0 aliphatic heterocycles. The van der Waals surface area contributed by atoms with E-state index >= 15 is 0 Å². The van der Waals surface area contributed by atoms with Gasteiger partial charge in [0.15, 0.2) is 0 Å². The molecule has 0 unspecified atom stereocenters. The summed E-state index contributed by atoms with van der Waals surface area (Å²) in [6.45, 7) is 0. The molecule has 0 aromatic rings. The Bertz CT molecular complexity index is 6.00. The van der Waals surface area contributed by atoms with Crippen molar-refractivity contribution in [3.8, 4) is 0 Å². The third-order valence-electron chi connectivity index (χ3n) is 0. The van der Waals surface area contributed by atoms with Crippen molar-refractivity contribution in [2.24, 2.45) is 0 Å². The quantitative estimate of drug-likeness (QED) is 0.321. The Morgan fingerprint density at radius 3 is 0.333 bits per heavy atom. The molecule has 0 bridgehead atoms. The predicted octanol–water partition coefficient (Wildman–Crippen LogP) is -0.0150. The van der Waals surface area contributed by atoms with Crippen LogP contribution in [-0.4, -0.2) is 0 Å². The van der Waals surface area contributed by atoms with E-state index in [4.69, 9.17) is 0 Å². The van der Waals surface area contributed by atoms with E-state index in [1.165, 1.54) is 0 Å². The standard InChI is InChI=1S/3Ir.3Ta. The van der Waals surface area contributed by atoms with Crippen LogP contribution in [0.3, 0.4) is 0 Å². The molecule has 6 radical (unpaired) electrons. The van der Waals surface area contributed by atoms with Crippen LogP contribution < -0.4 is 0 Å². The molecule has 0 aromatic heterocycles. The van der Waals surface area contributed by atoms with Crippen molar-refractivity contribution in [1.29, 1.82) is 0 Å². The molecule has 0 aromatic carbocycles. The zero-order chi connectivity index (χ0) is 0. The Morgan fingerprint density at radius 2 is 0.333 bits per heavy atom. The molecule has 0 saturated heterocycles. The van der Waals surface area contributed by atoms with Gasteiger partial charge in [0.1, 0.15) is 0 Å². The van der Waals surface area contributed by atoms with Crippen LogP contribution in [0.25, 0.3) is 0 Å². The average Bonchev–Trinajstić information content (AvgIpc) is 0. The first-order valence-corrected chi connectivity index (χ1v) is 0. The van der Waals surface area contributed by atoms with Crippen molar-refractivity contribution >= 4 is 0 Å². The minimum atomic E-state index is 0. The van der Waals surface area contributed by atoms with Gasteiger partial charge in [-0.1, -0.05) is 0 Å². The van der Waals surface area contributed by atoms with Crippen LogP contribution in [0.1, 0.15) is 0 Å². The number of hydrogen-bond acceptors (Lipinski definition) is 0. The predicted molar refractivity (Wildman–Crippen MR) is 0 cm³/mol. The van der Waals surface area contributed by atoms with Crippen molar-refractivity contribution in [1.82, 2.24) is 0 Å². The Hall–Kier alpha value is 4.17. The van der Waals surface area contributed by atoms with Crippen LogP contribution in [0.4, 0.5) is 0 Å². The summed E-state index contributed by atoms with van der Waals surface area (Å²) in [7, 11) is 0. The van der Waals surface area contributed by atoms with Gasteiger partial charge in [-0.2, -0.15) is 0 Å². The molecule has 0 nitrogen and oxygen atoms in total. The van der Waals surface area contributed by atoms with Gasteiger partial charge in [-0.05, 0) is 0 Å². The van der Waals surface area contributed by atoms with Gasteiger partial charge in [-0.3, -0.25) is 0 Å². The first-order valence-electron chi connectivity index (χ1n) is 0. The summed E-state index contributed by atoms with van der Waals surface area (Å²) in [6.07, 6.45) is 0. The van der Waals surface area contributed by atoms with Gasteiger partial charge in [0.25, 0.3) is 0 Å². The van der Waals surface area contributed by atoms with Gasteiger partial charge >= 0.3 is 0 Å². The van der Waals surface area contributed by atoms with Gasteiger partial charge in [-0.25, -0.2) is 0 Å². The van der Waals surface area contributed by atoms with Crippen LogP contribution in [0.2, 0.25) is 0 Å². The molecule has 0 amide bonds. The monoisotopic (exact) mass is 1120 g/mol. The Kier molecular flexibility index (Phi) is 289. The maximum absolute atomic E-state index is 0. The van der Waals surface area contributed by atoms with Gasteiger partial charge in [-0.15, -0.1) is 0 Å². The minimum Gasteiger partial charge on any atom is 0 e. The summed E-state index contributed by atoms with van der Waals surface area (Å²) in [5.41, 5.74) is 0. The molecule has 6 heavy (non-hydrogen) atoms. The molecule has 0 spiro atoms. The number of rotatable bonds is 0. The molecule has 0 fully saturated rings. The first-order chi connectivity index (χ1) is 0. The fourth-order valence-corrected chi connectivity index (χ4v) is 0. The maximum Gasteiger partial charge on any atom is 0 e. The largest absolute Gasteiger partial charge is 0 e. The summed E-state index contributed by atoms with van der Waals surface area (Å²) in [5, 5.41) is 0. The Labute approximate surface area is 125 Å². The van der Waals surface area contributed by atoms with Crippen molar-refractivity contribution in [2.45, 2.75) is 0 Å². The van der Waals surface area contributed by atoms with E-state index in [-0.39, 0.29) is 127 Å². The molecule has 0 aliphatic rings. The Balaban J connectivity index is 0. The molecular formula is Ir3Ta3. The summed E-state index contributed by atoms with van der Waals surface area (Å²) in [5.74, 6) is 0. The normalized spacial score (nSPS) is 0. The summed E-state index contributed by atoms with van der Waals surface area (Å²) in [6, 6.07) is 0. The van der Waals surface area contributed by atoms with Gasteiger partial charge < -0.3 is 0 Å². The van der Waals surface area contributed by atoms with E-state index in [0.29, 0.717) is 0 Å². The van der Waals surface area contributed by atoms with Crippen LogP contribution in [0.15, 0.2) is 0 Å². The van der Waals surface area contributed by atoms with Crippen LogP contribution >= 0.6 is 0 Å². The minimum absolute atomic E-state index is 0. The zero-order valence-corrected chi connectivity index (χ0v) is 19.2. The van der Waals surface area contributed by atoms with Crippen LogP contribution in [-0.2, 0) is 127 Å². The maximum atomic E-state index is 0. The molecule has 0 heterocycles. The van der Waals surface area contributed by atoms with Crippen molar-refractivity contribution in [3.05, 3.63) is 0 Å². The van der Waals surface area contributed by atoms with E-state index in [1.54, 1.807) is 0 Å². The first kappa shape index (κ1) is 49.2. The zero-order valence-electron chi connectivity index (χ0n) is 2.34. The molecule has 0 aliphatic carbocycles. The fraction of sp³-hybridized carbons (Fsp3) is 0. The average molecular weight is 1120 g/mol. The SMILES string of the molecule is [Ir].[Ir].[Ir].[Ta].[Ta].[Ta]. The molecule has 0 N–H and O–H groups in total. The fourth-order valence-electron chi connectivity index (χ4n) is 0. The van der Waals surface area contributed by atoms with E-state index in [0.717, 1.165) is 0 Å². The van der Waals surface area contributed by atoms with Crippen LogP contribution in [0, 0.1) is 0 Å². The van der Waals surface area contributed by atoms with Crippen LogP contribution in [0.5, 0.6) is 0 Å². The van der Waals surface area contributed by atoms with E-state index in [9.17, 15) is 0 Å². The second kappa shape index (κ2) is 35.2. The molecule has 42 valence electrons. The second-order valence-electron chi connectivity index (χ2n) is 0. The summed E-state index contributed by atoms with van der Waals surface area (Å²) < 4.78 is 0.